The molecule has 1 atom stereocenters. The molecule has 3 nitrogen and oxygen atoms in total. The molecule has 86 valence electrons. The van der Waals surface area contributed by atoms with E-state index in [9.17, 15) is 0 Å². The van der Waals surface area contributed by atoms with Crippen LogP contribution in [0.2, 0.25) is 0 Å². The predicted octanol–water partition coefficient (Wildman–Crippen LogP) is 2.01. The summed E-state index contributed by atoms with van der Waals surface area (Å²) in [6, 6.07) is 0. The molecule has 1 aromatic rings. The number of hydrogen-bond donors (Lipinski definition) is 2. The molecule has 0 aliphatic rings. The van der Waals surface area contributed by atoms with Gasteiger partial charge in [0.1, 0.15) is 5.01 Å². The number of nitrogens with one attached hydrogen (secondary N) is 1. The van der Waals surface area contributed by atoms with Gasteiger partial charge in [0.05, 0.1) is 11.8 Å². The van der Waals surface area contributed by atoms with E-state index in [1.54, 1.807) is 11.3 Å². The standard InChI is InChI=1S/C11H20N2OS/c1-8(14)5-4-6-12-7-11-13-9(2)10(3)15-11/h8,12,14H,4-7H2,1-3H3. The number of rotatable bonds is 6. The molecular weight excluding hydrogens is 208 g/mol. The lowest BCUT2D eigenvalue weighted by atomic mass is 10.2. The minimum atomic E-state index is -0.184. The van der Waals surface area contributed by atoms with E-state index in [1.165, 1.54) is 4.88 Å². The number of aliphatic hydroxyl groups is 1. The second-order valence-electron chi connectivity index (χ2n) is 3.92. The van der Waals surface area contributed by atoms with Gasteiger partial charge in [-0.1, -0.05) is 0 Å². The lowest BCUT2D eigenvalue weighted by Gasteiger charge is -2.04. The number of aliphatic hydroxyl groups excluding tert-OH is 1. The van der Waals surface area contributed by atoms with E-state index < -0.39 is 0 Å². The molecule has 2 N–H and O–H groups in total. The van der Waals surface area contributed by atoms with E-state index in [0.717, 1.165) is 36.6 Å². The molecule has 0 fully saturated rings. The van der Waals surface area contributed by atoms with Gasteiger partial charge in [0.2, 0.25) is 0 Å². The fraction of sp³-hybridized carbons (Fsp3) is 0.727. The van der Waals surface area contributed by atoms with Crippen LogP contribution in [0.15, 0.2) is 0 Å². The molecule has 0 saturated carbocycles. The first-order chi connectivity index (χ1) is 7.09. The van der Waals surface area contributed by atoms with E-state index in [-0.39, 0.29) is 6.10 Å². The summed E-state index contributed by atoms with van der Waals surface area (Å²) in [4.78, 5) is 5.75. The van der Waals surface area contributed by atoms with Crippen molar-refractivity contribution in [2.75, 3.05) is 6.54 Å². The first kappa shape index (κ1) is 12.6. The minimum Gasteiger partial charge on any atom is -0.393 e. The normalized spacial score (nSPS) is 13.1. The largest absolute Gasteiger partial charge is 0.393 e. The van der Waals surface area contributed by atoms with E-state index >= 15 is 0 Å². The number of hydrogen-bond acceptors (Lipinski definition) is 4. The van der Waals surface area contributed by atoms with E-state index in [0.29, 0.717) is 0 Å². The van der Waals surface area contributed by atoms with Gasteiger partial charge in [0.15, 0.2) is 0 Å². The molecule has 15 heavy (non-hydrogen) atoms. The average molecular weight is 228 g/mol. The third-order valence-corrected chi connectivity index (χ3v) is 3.40. The Morgan fingerprint density at radius 2 is 2.20 bits per heavy atom. The van der Waals surface area contributed by atoms with Gasteiger partial charge < -0.3 is 10.4 Å². The Kier molecular flexibility index (Phi) is 5.22. The molecule has 0 radical (unpaired) electrons. The van der Waals surface area contributed by atoms with E-state index in [4.69, 9.17) is 5.11 Å². The van der Waals surface area contributed by atoms with Crippen LogP contribution >= 0.6 is 11.3 Å². The summed E-state index contributed by atoms with van der Waals surface area (Å²) >= 11 is 1.76. The van der Waals surface area contributed by atoms with Gasteiger partial charge in [0.25, 0.3) is 0 Å². The Hall–Kier alpha value is -0.450. The molecule has 0 aliphatic heterocycles. The highest BCUT2D eigenvalue weighted by Crippen LogP contribution is 2.15. The predicted molar refractivity (Wildman–Crippen MR) is 64.2 cm³/mol. The van der Waals surface area contributed by atoms with Crippen LogP contribution in [0.4, 0.5) is 0 Å². The van der Waals surface area contributed by atoms with Crippen LogP contribution in [0.1, 0.15) is 35.3 Å². The van der Waals surface area contributed by atoms with Crippen molar-refractivity contribution >= 4 is 11.3 Å². The van der Waals surface area contributed by atoms with Gasteiger partial charge in [-0.2, -0.15) is 0 Å². The topological polar surface area (TPSA) is 45.2 Å². The fourth-order valence-electron chi connectivity index (χ4n) is 1.33. The summed E-state index contributed by atoms with van der Waals surface area (Å²) < 4.78 is 0. The zero-order chi connectivity index (χ0) is 11.3. The summed E-state index contributed by atoms with van der Waals surface area (Å²) in [5.41, 5.74) is 1.14. The molecule has 1 heterocycles. The molecule has 0 spiro atoms. The van der Waals surface area contributed by atoms with Crippen molar-refractivity contribution in [3.63, 3.8) is 0 Å². The second-order valence-corrected chi connectivity index (χ2v) is 5.20. The molecule has 0 amide bonds. The summed E-state index contributed by atoms with van der Waals surface area (Å²) in [6.45, 7) is 7.77. The fourth-order valence-corrected chi connectivity index (χ4v) is 2.24. The quantitative estimate of drug-likeness (QED) is 0.732. The smallest absolute Gasteiger partial charge is 0.107 e. The first-order valence-corrected chi connectivity index (χ1v) is 6.23. The lowest BCUT2D eigenvalue weighted by molar-refractivity contribution is 0.181. The van der Waals surface area contributed by atoms with Crippen molar-refractivity contribution in [3.05, 3.63) is 15.6 Å². The van der Waals surface area contributed by atoms with Crippen molar-refractivity contribution in [1.29, 1.82) is 0 Å². The summed E-state index contributed by atoms with van der Waals surface area (Å²) in [7, 11) is 0. The maximum Gasteiger partial charge on any atom is 0.107 e. The number of aryl methyl sites for hydroxylation is 2. The molecule has 1 unspecified atom stereocenters. The van der Waals surface area contributed by atoms with Crippen molar-refractivity contribution < 1.29 is 5.11 Å². The lowest BCUT2D eigenvalue weighted by Crippen LogP contribution is -2.16. The molecule has 1 aromatic heterocycles. The van der Waals surface area contributed by atoms with E-state index in [1.807, 2.05) is 13.8 Å². The maximum absolute atomic E-state index is 9.07. The summed E-state index contributed by atoms with van der Waals surface area (Å²) in [5.74, 6) is 0. The van der Waals surface area contributed by atoms with Crippen LogP contribution in [0.3, 0.4) is 0 Å². The van der Waals surface area contributed by atoms with Gasteiger partial charge in [0, 0.05) is 11.4 Å². The molecule has 0 bridgehead atoms. The minimum absolute atomic E-state index is 0.184. The maximum atomic E-state index is 9.07. The Bertz CT molecular complexity index is 277. The van der Waals surface area contributed by atoms with Gasteiger partial charge in [-0.05, 0) is 40.2 Å². The van der Waals surface area contributed by atoms with Gasteiger partial charge >= 0.3 is 0 Å². The molecule has 0 aliphatic carbocycles. The van der Waals surface area contributed by atoms with Crippen molar-refractivity contribution in [3.8, 4) is 0 Å². The third-order valence-electron chi connectivity index (χ3n) is 2.32. The monoisotopic (exact) mass is 228 g/mol. The highest BCUT2D eigenvalue weighted by molar-refractivity contribution is 7.11. The SMILES string of the molecule is Cc1nc(CNCCCC(C)O)sc1C. The van der Waals surface area contributed by atoms with Crippen molar-refractivity contribution in [2.45, 2.75) is 46.3 Å². The van der Waals surface area contributed by atoms with Crippen LogP contribution in [0.25, 0.3) is 0 Å². The zero-order valence-corrected chi connectivity index (χ0v) is 10.5. The molecular formula is C11H20N2OS. The van der Waals surface area contributed by atoms with Crippen LogP contribution in [-0.4, -0.2) is 22.7 Å². The van der Waals surface area contributed by atoms with Gasteiger partial charge in [-0.3, -0.25) is 0 Å². The number of aromatic nitrogens is 1. The Labute approximate surface area is 95.6 Å². The van der Waals surface area contributed by atoms with Gasteiger partial charge in [-0.25, -0.2) is 4.98 Å². The van der Waals surface area contributed by atoms with E-state index in [2.05, 4.69) is 17.2 Å². The zero-order valence-electron chi connectivity index (χ0n) is 9.71. The third kappa shape index (κ3) is 4.73. The highest BCUT2D eigenvalue weighted by Gasteiger charge is 2.02. The Morgan fingerprint density at radius 1 is 1.47 bits per heavy atom. The van der Waals surface area contributed by atoms with Crippen molar-refractivity contribution in [1.82, 2.24) is 10.3 Å². The summed E-state index contributed by atoms with van der Waals surface area (Å²) in [5, 5.41) is 13.6. The van der Waals surface area contributed by atoms with Crippen LogP contribution in [0.5, 0.6) is 0 Å². The molecule has 1 rings (SSSR count). The Morgan fingerprint density at radius 3 is 2.73 bits per heavy atom. The van der Waals surface area contributed by atoms with Crippen LogP contribution in [0, 0.1) is 13.8 Å². The van der Waals surface area contributed by atoms with Gasteiger partial charge in [-0.15, -0.1) is 11.3 Å². The number of nitrogens with zero attached hydrogens (tertiary/aromatic N) is 1. The van der Waals surface area contributed by atoms with Crippen LogP contribution < -0.4 is 5.32 Å². The molecule has 0 saturated heterocycles. The highest BCUT2D eigenvalue weighted by atomic mass is 32.1. The first-order valence-electron chi connectivity index (χ1n) is 5.41. The van der Waals surface area contributed by atoms with Crippen molar-refractivity contribution in [2.24, 2.45) is 0 Å². The molecule has 4 heteroatoms. The molecule has 0 aromatic carbocycles. The summed E-state index contributed by atoms with van der Waals surface area (Å²) in [6.07, 6.45) is 1.69. The Balaban J connectivity index is 2.15. The second kappa shape index (κ2) is 6.20. The number of thiazole rings is 1. The average Bonchev–Trinajstić information content (AvgIpc) is 2.45. The van der Waals surface area contributed by atoms with Crippen LogP contribution in [-0.2, 0) is 6.54 Å².